The van der Waals surface area contributed by atoms with Gasteiger partial charge in [0.1, 0.15) is 5.75 Å². The minimum Gasteiger partial charge on any atom is -0.481 e. The van der Waals surface area contributed by atoms with Crippen molar-refractivity contribution in [2.75, 3.05) is 5.32 Å². The largest absolute Gasteiger partial charge is 0.481 e. The fourth-order valence-corrected chi connectivity index (χ4v) is 4.08. The van der Waals surface area contributed by atoms with Gasteiger partial charge >= 0.3 is 0 Å². The maximum atomic E-state index is 12.8. The van der Waals surface area contributed by atoms with Crippen LogP contribution in [0, 0.1) is 20.8 Å². The molecule has 1 atom stereocenters. The first kappa shape index (κ1) is 20.0. The summed E-state index contributed by atoms with van der Waals surface area (Å²) >= 11 is 0. The van der Waals surface area contributed by atoms with Gasteiger partial charge in [-0.2, -0.15) is 0 Å². The number of carbonyl (C=O) groups is 1. The zero-order chi connectivity index (χ0) is 21.4. The smallest absolute Gasteiger partial charge is 0.265 e. The quantitative estimate of drug-likeness (QED) is 0.437. The molecule has 154 valence electrons. The Hall–Kier alpha value is -3.27. The van der Waals surface area contributed by atoms with E-state index in [2.05, 4.69) is 66.2 Å². The third kappa shape index (κ3) is 3.54. The first-order valence-electron chi connectivity index (χ1n) is 10.5. The summed E-state index contributed by atoms with van der Waals surface area (Å²) in [4.78, 5) is 12.8. The fourth-order valence-electron chi connectivity index (χ4n) is 4.08. The van der Waals surface area contributed by atoms with Gasteiger partial charge in [0.2, 0.25) is 0 Å². The second kappa shape index (κ2) is 7.86. The van der Waals surface area contributed by atoms with Crippen LogP contribution in [-0.2, 0) is 11.3 Å². The number of hydrogen-bond donors (Lipinski definition) is 1. The number of aromatic nitrogens is 1. The van der Waals surface area contributed by atoms with E-state index in [1.807, 2.05) is 26.0 Å². The van der Waals surface area contributed by atoms with Crippen molar-refractivity contribution in [3.63, 3.8) is 0 Å². The van der Waals surface area contributed by atoms with Gasteiger partial charge in [0.15, 0.2) is 6.10 Å². The Morgan fingerprint density at radius 1 is 1.00 bits per heavy atom. The minimum absolute atomic E-state index is 0.160. The summed E-state index contributed by atoms with van der Waals surface area (Å²) in [7, 11) is 0. The summed E-state index contributed by atoms with van der Waals surface area (Å²) in [5.41, 5.74) is 6.51. The predicted molar refractivity (Wildman–Crippen MR) is 124 cm³/mol. The van der Waals surface area contributed by atoms with Crippen LogP contribution >= 0.6 is 0 Å². The molecule has 0 fully saturated rings. The van der Waals surface area contributed by atoms with E-state index in [0.717, 1.165) is 40.1 Å². The van der Waals surface area contributed by atoms with E-state index in [1.165, 1.54) is 16.4 Å². The lowest BCUT2D eigenvalue weighted by Gasteiger charge is -2.18. The first-order valence-corrected chi connectivity index (χ1v) is 10.5. The molecule has 0 radical (unpaired) electrons. The predicted octanol–water partition coefficient (Wildman–Crippen LogP) is 6.15. The molecule has 30 heavy (non-hydrogen) atoms. The molecule has 1 aromatic heterocycles. The third-order valence-electron chi connectivity index (χ3n) is 5.79. The zero-order valence-corrected chi connectivity index (χ0v) is 18.2. The highest BCUT2D eigenvalue weighted by Crippen LogP contribution is 2.31. The highest BCUT2D eigenvalue weighted by molar-refractivity contribution is 6.10. The molecule has 0 saturated heterocycles. The van der Waals surface area contributed by atoms with Gasteiger partial charge in [-0.15, -0.1) is 0 Å². The maximum Gasteiger partial charge on any atom is 0.265 e. The van der Waals surface area contributed by atoms with Crippen LogP contribution in [-0.4, -0.2) is 16.6 Å². The van der Waals surface area contributed by atoms with Crippen molar-refractivity contribution in [2.24, 2.45) is 0 Å². The van der Waals surface area contributed by atoms with Crippen LogP contribution in [0.5, 0.6) is 5.75 Å². The van der Waals surface area contributed by atoms with Crippen molar-refractivity contribution in [1.82, 2.24) is 4.57 Å². The SMILES string of the molecule is CCn1c2ccccc2c2cc(NC(=O)[C@H](C)Oc3cc(C)cc(C)c3C)ccc21. The summed E-state index contributed by atoms with van der Waals surface area (Å²) in [6, 6.07) is 18.6. The Bertz CT molecular complexity index is 1250. The molecule has 0 aliphatic carbocycles. The van der Waals surface area contributed by atoms with Crippen molar-refractivity contribution < 1.29 is 9.53 Å². The van der Waals surface area contributed by atoms with Gasteiger partial charge in [-0.3, -0.25) is 4.79 Å². The molecule has 1 N–H and O–H groups in total. The van der Waals surface area contributed by atoms with E-state index in [9.17, 15) is 4.79 Å². The number of ether oxygens (including phenoxy) is 1. The van der Waals surface area contributed by atoms with Crippen LogP contribution < -0.4 is 10.1 Å². The molecule has 1 amide bonds. The second-order valence-electron chi connectivity index (χ2n) is 7.95. The number of para-hydroxylation sites is 1. The van der Waals surface area contributed by atoms with Crippen LogP contribution in [0.2, 0.25) is 0 Å². The van der Waals surface area contributed by atoms with Crippen molar-refractivity contribution in [3.05, 3.63) is 71.3 Å². The molecule has 0 unspecified atom stereocenters. The minimum atomic E-state index is -0.599. The Kier molecular flexibility index (Phi) is 5.25. The van der Waals surface area contributed by atoms with Gasteiger partial charge in [-0.1, -0.05) is 24.3 Å². The van der Waals surface area contributed by atoms with Gasteiger partial charge in [-0.05, 0) is 81.6 Å². The summed E-state index contributed by atoms with van der Waals surface area (Å²) < 4.78 is 8.30. The van der Waals surface area contributed by atoms with Crippen LogP contribution in [0.1, 0.15) is 30.5 Å². The molecule has 0 aliphatic heterocycles. The van der Waals surface area contributed by atoms with Gasteiger partial charge < -0.3 is 14.6 Å². The third-order valence-corrected chi connectivity index (χ3v) is 5.79. The van der Waals surface area contributed by atoms with Crippen molar-refractivity contribution in [2.45, 2.75) is 47.3 Å². The lowest BCUT2D eigenvalue weighted by molar-refractivity contribution is -0.122. The molecule has 4 heteroatoms. The van der Waals surface area contributed by atoms with E-state index in [1.54, 1.807) is 6.92 Å². The molecule has 0 spiro atoms. The summed E-state index contributed by atoms with van der Waals surface area (Å²) in [6.07, 6.45) is -0.599. The van der Waals surface area contributed by atoms with E-state index in [4.69, 9.17) is 4.74 Å². The Morgan fingerprint density at radius 3 is 2.50 bits per heavy atom. The van der Waals surface area contributed by atoms with Crippen LogP contribution in [0.25, 0.3) is 21.8 Å². The van der Waals surface area contributed by atoms with Gasteiger partial charge in [0.05, 0.1) is 0 Å². The highest BCUT2D eigenvalue weighted by atomic mass is 16.5. The molecular formula is C26H28N2O2. The number of fused-ring (bicyclic) bond motifs is 3. The van der Waals surface area contributed by atoms with Crippen LogP contribution in [0.3, 0.4) is 0 Å². The number of carbonyl (C=O) groups excluding carboxylic acids is 1. The fraction of sp³-hybridized carbons (Fsp3) is 0.269. The van der Waals surface area contributed by atoms with E-state index >= 15 is 0 Å². The molecule has 1 heterocycles. The average molecular weight is 401 g/mol. The van der Waals surface area contributed by atoms with Crippen LogP contribution in [0.4, 0.5) is 5.69 Å². The molecule has 4 nitrogen and oxygen atoms in total. The molecular weight excluding hydrogens is 372 g/mol. The number of benzene rings is 3. The number of nitrogens with one attached hydrogen (secondary N) is 1. The maximum absolute atomic E-state index is 12.8. The van der Waals surface area contributed by atoms with E-state index in [0.29, 0.717) is 0 Å². The number of aryl methyl sites for hydroxylation is 3. The first-order chi connectivity index (χ1) is 14.4. The highest BCUT2D eigenvalue weighted by Gasteiger charge is 2.18. The topological polar surface area (TPSA) is 43.3 Å². The standard InChI is InChI=1S/C26H28N2O2/c1-6-28-23-10-8-7-9-21(23)22-15-20(11-12-24(22)28)27-26(29)19(5)30-25-14-16(2)13-17(3)18(25)4/h7-15,19H,6H2,1-5H3,(H,27,29)/t19-/m0/s1. The monoisotopic (exact) mass is 400 g/mol. The van der Waals surface area contributed by atoms with Crippen molar-refractivity contribution in [3.8, 4) is 5.75 Å². The van der Waals surface area contributed by atoms with E-state index in [-0.39, 0.29) is 5.91 Å². The molecule has 4 aromatic rings. The Morgan fingerprint density at radius 2 is 1.73 bits per heavy atom. The number of anilines is 1. The lowest BCUT2D eigenvalue weighted by Crippen LogP contribution is -2.30. The van der Waals surface area contributed by atoms with Crippen LogP contribution in [0.15, 0.2) is 54.6 Å². The van der Waals surface area contributed by atoms with Gasteiger partial charge in [-0.25, -0.2) is 0 Å². The molecule has 0 aliphatic rings. The number of amides is 1. The normalized spacial score (nSPS) is 12.3. The Labute approximate surface area is 177 Å². The molecule has 0 bridgehead atoms. The average Bonchev–Trinajstić information content (AvgIpc) is 3.04. The summed E-state index contributed by atoms with van der Waals surface area (Å²) in [5, 5.41) is 5.36. The van der Waals surface area contributed by atoms with Crippen molar-refractivity contribution in [1.29, 1.82) is 0 Å². The molecule has 3 aromatic carbocycles. The number of hydrogen-bond acceptors (Lipinski definition) is 2. The second-order valence-corrected chi connectivity index (χ2v) is 7.95. The summed E-state index contributed by atoms with van der Waals surface area (Å²) in [6.45, 7) is 10.9. The van der Waals surface area contributed by atoms with Gasteiger partial charge in [0.25, 0.3) is 5.91 Å². The Balaban J connectivity index is 1.59. The van der Waals surface area contributed by atoms with E-state index < -0.39 is 6.10 Å². The zero-order valence-electron chi connectivity index (χ0n) is 18.2. The van der Waals surface area contributed by atoms with Crippen molar-refractivity contribution >= 4 is 33.4 Å². The molecule has 4 rings (SSSR count). The number of nitrogens with zero attached hydrogens (tertiary/aromatic N) is 1. The lowest BCUT2D eigenvalue weighted by atomic mass is 10.1. The summed E-state index contributed by atoms with van der Waals surface area (Å²) in [5.74, 6) is 0.601. The molecule has 0 saturated carbocycles. The number of rotatable bonds is 5. The van der Waals surface area contributed by atoms with Gasteiger partial charge in [0, 0.05) is 34.0 Å².